The summed E-state index contributed by atoms with van der Waals surface area (Å²) in [6, 6.07) is -11.6. The number of aliphatic hydroxyl groups excluding tert-OH is 1. The average molecular weight is 1500 g/mol. The Morgan fingerprint density at radius 3 is 1.69 bits per heavy atom. The number of nitrogens with two attached hydrogens (primary N) is 1. The van der Waals surface area contributed by atoms with Crippen molar-refractivity contribution in [2.75, 3.05) is 13.1 Å². The lowest BCUT2D eigenvalue weighted by Gasteiger charge is -2.33. The van der Waals surface area contributed by atoms with Crippen molar-refractivity contribution in [1.29, 1.82) is 0 Å². The minimum atomic E-state index is -1.85. The first-order valence-corrected chi connectivity index (χ1v) is 37.6. The number of carbonyl (C=O) groups is 14. The summed E-state index contributed by atoms with van der Waals surface area (Å²) < 4.78 is 20.0. The van der Waals surface area contributed by atoms with Crippen molar-refractivity contribution >= 4 is 82.8 Å². The number of cyclic esters (lactones) is 1. The lowest BCUT2D eigenvalue weighted by atomic mass is 9.95. The lowest BCUT2D eigenvalue weighted by Crippen LogP contribution is -2.64. The van der Waals surface area contributed by atoms with E-state index in [4.69, 9.17) is 10.5 Å². The Bertz CT molecular complexity index is 3220. The average Bonchev–Trinajstić information content (AvgIpc) is 1.52. The van der Waals surface area contributed by atoms with Crippen molar-refractivity contribution in [3.63, 3.8) is 0 Å². The molecule has 0 unspecified atom stereocenters. The number of nitrogens with zero attached hydrogens (tertiary/aromatic N) is 1. The van der Waals surface area contributed by atoms with Crippen LogP contribution in [0.1, 0.15) is 195 Å². The molecule has 2 heterocycles. The van der Waals surface area contributed by atoms with Crippen molar-refractivity contribution in [2.45, 2.75) is 280 Å². The number of benzene rings is 1. The van der Waals surface area contributed by atoms with Gasteiger partial charge in [-0.15, -0.1) is 0 Å². The number of aliphatic hydroxyl groups is 1. The summed E-state index contributed by atoms with van der Waals surface area (Å²) in [7, 11) is 0. The van der Waals surface area contributed by atoms with Gasteiger partial charge in [-0.3, -0.25) is 62.3 Å². The van der Waals surface area contributed by atoms with Gasteiger partial charge in [0.05, 0.1) is 6.10 Å². The predicted molar refractivity (Wildman–Crippen MR) is 395 cm³/mol. The highest BCUT2D eigenvalue weighted by Crippen LogP contribution is 2.23. The summed E-state index contributed by atoms with van der Waals surface area (Å²) >= 11 is 0. The van der Waals surface area contributed by atoms with E-state index in [0.29, 0.717) is 18.4 Å². The van der Waals surface area contributed by atoms with Crippen LogP contribution in [-0.4, -0.2) is 191 Å². The van der Waals surface area contributed by atoms with Gasteiger partial charge in [-0.1, -0.05) is 148 Å². The number of rotatable bonds is 33. The number of ether oxygens (including phenoxy) is 1. The van der Waals surface area contributed by atoms with Gasteiger partial charge in [-0.2, -0.15) is 0 Å². The quantitative estimate of drug-likeness (QED) is 0.0353. The van der Waals surface area contributed by atoms with E-state index in [1.54, 1.807) is 96.9 Å². The SMILES string of the molecule is C/C=C1\NC(=O)[C@H](Cc2ccc(F)cc2)NC(=O)[C@@H](C(C)C)NC(=O)[C@@H]([C@H](C)CC)NC(=O)[C@H](NC(=O)[C@H](NC(=O)[C@H](CCCN)NC(=O)[C@H]2CCCN2C(=O)[C@H](NC(=O)[C@@H](NC(=O)[C@@H](NC(=O)[C@H](NC(=O)CC[C@@H](C)CC)C(C)C)[C@@H](C)O)C(C)C)C(C)C)[C@H](C)CC)[C@H](C)OC(=O)[C@H](C(C)C)NC1=O. The Balaban J connectivity index is 2.01. The van der Waals surface area contributed by atoms with Gasteiger partial charge >= 0.3 is 5.97 Å². The summed E-state index contributed by atoms with van der Waals surface area (Å²) in [4.78, 5) is 202. The highest BCUT2D eigenvalue weighted by atomic mass is 19.1. The van der Waals surface area contributed by atoms with Crippen LogP contribution in [0.4, 0.5) is 4.39 Å². The molecule has 0 aromatic heterocycles. The first-order valence-electron chi connectivity index (χ1n) is 37.6. The minimum Gasteiger partial charge on any atom is -0.458 e. The number of carbonyl (C=O) groups excluding carboxylic acids is 14. The monoisotopic (exact) mass is 1490 g/mol. The van der Waals surface area contributed by atoms with Gasteiger partial charge in [-0.05, 0) is 124 Å². The third kappa shape index (κ3) is 27.3. The van der Waals surface area contributed by atoms with Crippen molar-refractivity contribution in [2.24, 2.45) is 53.1 Å². The fraction of sp³-hybridized carbons (Fsp3) is 0.707. The zero-order valence-corrected chi connectivity index (χ0v) is 65.5. The zero-order valence-electron chi connectivity index (χ0n) is 65.5. The second-order valence-corrected chi connectivity index (χ2v) is 30.1. The number of hydrogen-bond donors (Lipinski definition) is 14. The Labute approximate surface area is 624 Å². The van der Waals surface area contributed by atoms with Crippen LogP contribution in [0.25, 0.3) is 0 Å². The number of amides is 13. The molecule has 106 heavy (non-hydrogen) atoms. The number of halogens is 1. The summed E-state index contributed by atoms with van der Waals surface area (Å²) in [6.07, 6.45) is 0.747. The largest absolute Gasteiger partial charge is 0.458 e. The van der Waals surface area contributed by atoms with E-state index in [-0.39, 0.29) is 75.6 Å². The summed E-state index contributed by atoms with van der Waals surface area (Å²) in [5.41, 5.74) is 6.04. The maximum atomic E-state index is 15.0. The summed E-state index contributed by atoms with van der Waals surface area (Å²) in [5, 5.41) is 42.9. The van der Waals surface area contributed by atoms with E-state index < -0.39 is 209 Å². The number of esters is 1. The smallest absolute Gasteiger partial charge is 0.329 e. The van der Waals surface area contributed by atoms with E-state index in [1.165, 1.54) is 56.0 Å². The molecule has 0 radical (unpaired) electrons. The van der Waals surface area contributed by atoms with E-state index >= 15 is 9.59 Å². The molecule has 1 aromatic carbocycles. The van der Waals surface area contributed by atoms with Gasteiger partial charge in [0.25, 0.3) is 5.91 Å². The van der Waals surface area contributed by atoms with Crippen LogP contribution in [0.2, 0.25) is 0 Å². The van der Waals surface area contributed by atoms with E-state index in [0.717, 1.165) is 6.42 Å². The van der Waals surface area contributed by atoms with Gasteiger partial charge < -0.3 is 84.3 Å². The van der Waals surface area contributed by atoms with Crippen LogP contribution < -0.4 is 69.5 Å². The minimum absolute atomic E-state index is 0.0595. The lowest BCUT2D eigenvalue weighted by molar-refractivity contribution is -0.157. The molecule has 13 amide bonds. The van der Waals surface area contributed by atoms with Gasteiger partial charge in [0.2, 0.25) is 70.9 Å². The highest BCUT2D eigenvalue weighted by molar-refractivity contribution is 6.03. The molecular formula is C75H123FN14O16. The molecule has 3 rings (SSSR count). The molecule has 31 heteroatoms. The Hall–Kier alpha value is -8.61. The molecule has 2 aliphatic rings. The summed E-state index contributed by atoms with van der Waals surface area (Å²) in [6.45, 7) is 31.4. The van der Waals surface area contributed by atoms with E-state index in [2.05, 4.69) is 63.8 Å². The number of nitrogens with one attached hydrogen (secondary N) is 12. The molecule has 1 aromatic rings. The van der Waals surface area contributed by atoms with E-state index in [1.807, 2.05) is 13.8 Å². The molecule has 15 N–H and O–H groups in total. The fourth-order valence-electron chi connectivity index (χ4n) is 12.1. The van der Waals surface area contributed by atoms with E-state index in [9.17, 15) is 67.0 Å². The highest BCUT2D eigenvalue weighted by Gasteiger charge is 2.45. The molecule has 2 saturated heterocycles. The van der Waals surface area contributed by atoms with Gasteiger partial charge in [-0.25, -0.2) is 9.18 Å². The fourth-order valence-corrected chi connectivity index (χ4v) is 12.1. The summed E-state index contributed by atoms with van der Waals surface area (Å²) in [5.74, 6) is -16.3. The second-order valence-electron chi connectivity index (χ2n) is 30.1. The molecule has 596 valence electrons. The van der Waals surface area contributed by atoms with Crippen LogP contribution in [0.15, 0.2) is 36.0 Å². The third-order valence-electron chi connectivity index (χ3n) is 19.7. The second kappa shape index (κ2) is 43.9. The van der Waals surface area contributed by atoms with Crippen LogP contribution in [-0.2, 0) is 78.3 Å². The molecule has 2 aliphatic heterocycles. The first kappa shape index (κ1) is 91.6. The molecule has 30 nitrogen and oxygen atoms in total. The standard InChI is InChI=1S/C75H123FN14O16/c1-20-42(15)28-33-53(92)81-54(37(5)6)68(98)88-61(45(18)91)72(102)83-56(39(9)10)69(99)84-57(40(11)12)74(104)90-35-25-27-52(90)66(96)79-50(26-24-34-77)64(94)86-59(43(16)21-2)71(101)89-62-46(19)106-75(105)58(41(13)14)85-63(93)49(23-4)78-65(95)51(36-47-29-31-48(76)32-30-47)80-67(97)55(38(7)8)82-70(100)60(44(17)22-3)87-73(62)103/h23,29-32,37-46,50-52,54-62,91H,20-22,24-28,33-36,77H2,1-19H3,(H,78,95)(H,79,96)(H,80,97)(H,81,92)(H,82,100)(H,83,102)(H,84,99)(H,85,93)(H,86,94)(H,87,103)(H,88,98)(H,89,101)/b49-23-/t42-,43+,44+,45+,46-,50-,51-,52+,54+,55+,56-,57+,58-,59+,60+,61-,62+/m0/s1. The van der Waals surface area contributed by atoms with Gasteiger partial charge in [0.1, 0.15) is 90.1 Å². The zero-order chi connectivity index (χ0) is 80.3. The van der Waals surface area contributed by atoms with Gasteiger partial charge in [0, 0.05) is 19.4 Å². The maximum absolute atomic E-state index is 15.0. The number of allylic oxidation sites excluding steroid dienone is 1. The molecule has 0 saturated carbocycles. The van der Waals surface area contributed by atoms with Crippen LogP contribution in [0.5, 0.6) is 0 Å². The predicted octanol–water partition coefficient (Wildman–Crippen LogP) is 1.98. The van der Waals surface area contributed by atoms with Gasteiger partial charge in [0.15, 0.2) is 0 Å². The van der Waals surface area contributed by atoms with Crippen molar-refractivity contribution in [1.82, 2.24) is 68.7 Å². The molecule has 0 aliphatic carbocycles. The topological polar surface area (TPSA) is 442 Å². The maximum Gasteiger partial charge on any atom is 0.329 e. The van der Waals surface area contributed by atoms with Crippen LogP contribution in [0.3, 0.4) is 0 Å². The van der Waals surface area contributed by atoms with Crippen molar-refractivity contribution in [3.05, 3.63) is 47.4 Å². The Kier molecular flexibility index (Phi) is 37.9. The molecule has 17 atom stereocenters. The molecular weight excluding hydrogens is 1370 g/mol. The molecule has 0 bridgehead atoms. The van der Waals surface area contributed by atoms with Crippen LogP contribution in [0, 0.1) is 53.2 Å². The third-order valence-corrected chi connectivity index (χ3v) is 19.7. The van der Waals surface area contributed by atoms with Crippen LogP contribution >= 0.6 is 0 Å². The normalized spacial score (nSPS) is 22.7. The Morgan fingerprint density at radius 1 is 0.623 bits per heavy atom. The number of likely N-dealkylation sites (tertiary alicyclic amines) is 1. The van der Waals surface area contributed by atoms with Crippen molar-refractivity contribution < 1.29 is 81.4 Å². The molecule has 0 spiro atoms. The first-order chi connectivity index (χ1) is 49.7. The number of hydrogen-bond acceptors (Lipinski definition) is 17. The van der Waals surface area contributed by atoms with Crippen molar-refractivity contribution in [3.8, 4) is 0 Å². The Morgan fingerprint density at radius 2 is 1.16 bits per heavy atom. The molecule has 2 fully saturated rings.